The van der Waals surface area contributed by atoms with Crippen molar-refractivity contribution in [3.05, 3.63) is 27.3 Å². The van der Waals surface area contributed by atoms with Crippen molar-refractivity contribution in [3.8, 4) is 5.75 Å². The van der Waals surface area contributed by atoms with Crippen molar-refractivity contribution in [1.29, 1.82) is 0 Å². The number of hydrogen-bond acceptors (Lipinski definition) is 2. The Hall–Kier alpha value is -0.290. The molecule has 1 aliphatic heterocycles. The zero-order valence-electron chi connectivity index (χ0n) is 10.3. The highest BCUT2D eigenvalue weighted by molar-refractivity contribution is 14.1. The van der Waals surface area contributed by atoms with Gasteiger partial charge in [-0.2, -0.15) is 0 Å². The van der Waals surface area contributed by atoms with Crippen LogP contribution in [0.15, 0.2) is 18.2 Å². The van der Waals surface area contributed by atoms with Crippen LogP contribution in [0.2, 0.25) is 0 Å². The first kappa shape index (κ1) is 13.1. The Morgan fingerprint density at radius 3 is 2.82 bits per heavy atom. The van der Waals surface area contributed by atoms with Crippen molar-refractivity contribution in [1.82, 2.24) is 5.32 Å². The van der Waals surface area contributed by atoms with Gasteiger partial charge < -0.3 is 10.1 Å². The van der Waals surface area contributed by atoms with Gasteiger partial charge in [-0.1, -0.05) is 19.1 Å². The van der Waals surface area contributed by atoms with Crippen molar-refractivity contribution in [2.45, 2.75) is 32.1 Å². The Morgan fingerprint density at radius 1 is 1.35 bits per heavy atom. The normalized spacial score (nSPS) is 17.1. The Kier molecular flexibility index (Phi) is 5.10. The standard InChI is InChI=1S/C14H20INO/c1-2-10-17-14-12(4-3-5-13(14)15)11-6-8-16-9-7-11/h3-5,11,16H,2,6-10H2,1H3. The van der Waals surface area contributed by atoms with Crippen LogP contribution in [0.1, 0.15) is 37.7 Å². The molecule has 0 spiro atoms. The first-order chi connectivity index (χ1) is 8.33. The maximum Gasteiger partial charge on any atom is 0.136 e. The Morgan fingerprint density at radius 2 is 2.12 bits per heavy atom. The van der Waals surface area contributed by atoms with Crippen LogP contribution in [0.25, 0.3) is 0 Å². The third-order valence-electron chi connectivity index (χ3n) is 3.23. The smallest absolute Gasteiger partial charge is 0.136 e. The summed E-state index contributed by atoms with van der Waals surface area (Å²) in [6, 6.07) is 6.53. The van der Waals surface area contributed by atoms with Gasteiger partial charge in [0, 0.05) is 0 Å². The largest absolute Gasteiger partial charge is 0.492 e. The van der Waals surface area contributed by atoms with Crippen LogP contribution in [0.3, 0.4) is 0 Å². The summed E-state index contributed by atoms with van der Waals surface area (Å²) in [6.07, 6.45) is 3.52. The minimum Gasteiger partial charge on any atom is -0.492 e. The minimum atomic E-state index is 0.665. The molecule has 0 unspecified atom stereocenters. The molecule has 17 heavy (non-hydrogen) atoms. The lowest BCUT2D eigenvalue weighted by molar-refractivity contribution is 0.306. The lowest BCUT2D eigenvalue weighted by atomic mass is 9.89. The van der Waals surface area contributed by atoms with Crippen LogP contribution in [0.5, 0.6) is 5.75 Å². The van der Waals surface area contributed by atoms with Crippen molar-refractivity contribution < 1.29 is 4.74 Å². The summed E-state index contributed by atoms with van der Waals surface area (Å²) in [5, 5.41) is 3.42. The van der Waals surface area contributed by atoms with Gasteiger partial charge in [0.15, 0.2) is 0 Å². The number of rotatable bonds is 4. The summed E-state index contributed by atoms with van der Waals surface area (Å²) in [5.74, 6) is 1.79. The number of ether oxygens (including phenoxy) is 1. The second kappa shape index (κ2) is 6.59. The van der Waals surface area contributed by atoms with Gasteiger partial charge in [0.2, 0.25) is 0 Å². The van der Waals surface area contributed by atoms with Crippen molar-refractivity contribution in [2.24, 2.45) is 0 Å². The maximum absolute atomic E-state index is 5.94. The van der Waals surface area contributed by atoms with Crippen LogP contribution in [-0.2, 0) is 0 Å². The average Bonchev–Trinajstić information content (AvgIpc) is 2.38. The van der Waals surface area contributed by atoms with E-state index < -0.39 is 0 Å². The Bertz CT molecular complexity index is 361. The molecule has 1 aromatic carbocycles. The predicted octanol–water partition coefficient (Wildman–Crippen LogP) is 3.55. The highest BCUT2D eigenvalue weighted by Crippen LogP contribution is 2.35. The van der Waals surface area contributed by atoms with Crippen LogP contribution >= 0.6 is 22.6 Å². The summed E-state index contributed by atoms with van der Waals surface area (Å²) >= 11 is 2.38. The van der Waals surface area contributed by atoms with Crippen LogP contribution < -0.4 is 10.1 Å². The molecule has 1 fully saturated rings. The maximum atomic E-state index is 5.94. The fourth-order valence-corrected chi connectivity index (χ4v) is 3.01. The fraction of sp³-hybridized carbons (Fsp3) is 0.571. The third-order valence-corrected chi connectivity index (χ3v) is 4.08. The van der Waals surface area contributed by atoms with E-state index >= 15 is 0 Å². The van der Waals surface area contributed by atoms with Gasteiger partial charge in [-0.15, -0.1) is 0 Å². The van der Waals surface area contributed by atoms with E-state index in [1.165, 1.54) is 22.0 Å². The van der Waals surface area contributed by atoms with Gasteiger partial charge in [-0.25, -0.2) is 0 Å². The molecule has 0 bridgehead atoms. The molecule has 2 rings (SSSR count). The van der Waals surface area contributed by atoms with E-state index in [9.17, 15) is 0 Å². The van der Waals surface area contributed by atoms with E-state index in [0.717, 1.165) is 31.9 Å². The number of hydrogen-bond donors (Lipinski definition) is 1. The van der Waals surface area contributed by atoms with Crippen LogP contribution in [0.4, 0.5) is 0 Å². The lowest BCUT2D eigenvalue weighted by Gasteiger charge is -2.25. The number of halogens is 1. The summed E-state index contributed by atoms with van der Waals surface area (Å²) in [4.78, 5) is 0. The van der Waals surface area contributed by atoms with Crippen LogP contribution in [-0.4, -0.2) is 19.7 Å². The topological polar surface area (TPSA) is 21.3 Å². The first-order valence-electron chi connectivity index (χ1n) is 6.45. The zero-order chi connectivity index (χ0) is 12.1. The number of para-hydroxylation sites is 1. The Labute approximate surface area is 117 Å². The van der Waals surface area contributed by atoms with Crippen LogP contribution in [0, 0.1) is 3.57 Å². The highest BCUT2D eigenvalue weighted by Gasteiger charge is 2.20. The summed E-state index contributed by atoms with van der Waals surface area (Å²) in [5.41, 5.74) is 1.41. The molecule has 0 atom stereocenters. The van der Waals surface area contributed by atoms with Gasteiger partial charge in [0.1, 0.15) is 5.75 Å². The number of benzene rings is 1. The summed E-state index contributed by atoms with van der Waals surface area (Å²) < 4.78 is 7.19. The molecule has 1 heterocycles. The molecule has 0 amide bonds. The average molecular weight is 345 g/mol. The first-order valence-corrected chi connectivity index (χ1v) is 7.52. The molecular weight excluding hydrogens is 325 g/mol. The monoisotopic (exact) mass is 345 g/mol. The molecule has 0 radical (unpaired) electrons. The van der Waals surface area contributed by atoms with E-state index in [2.05, 4.69) is 53.0 Å². The molecule has 1 aromatic rings. The van der Waals surface area contributed by atoms with Crippen molar-refractivity contribution >= 4 is 22.6 Å². The SMILES string of the molecule is CCCOc1c(I)cccc1C1CCNCC1. The highest BCUT2D eigenvalue weighted by atomic mass is 127. The number of piperidine rings is 1. The Balaban J connectivity index is 2.21. The molecular formula is C14H20INO. The lowest BCUT2D eigenvalue weighted by Crippen LogP contribution is -2.27. The van der Waals surface area contributed by atoms with Gasteiger partial charge in [-0.3, -0.25) is 0 Å². The van der Waals surface area contributed by atoms with E-state index in [-0.39, 0.29) is 0 Å². The minimum absolute atomic E-state index is 0.665. The summed E-state index contributed by atoms with van der Waals surface area (Å²) in [6.45, 7) is 5.23. The van der Waals surface area contributed by atoms with Gasteiger partial charge in [-0.05, 0) is 72.5 Å². The van der Waals surface area contributed by atoms with E-state index in [1.807, 2.05) is 0 Å². The summed E-state index contributed by atoms with van der Waals surface area (Å²) in [7, 11) is 0. The van der Waals surface area contributed by atoms with E-state index in [1.54, 1.807) is 0 Å². The molecule has 1 N–H and O–H groups in total. The predicted molar refractivity (Wildman–Crippen MR) is 79.8 cm³/mol. The molecule has 1 saturated heterocycles. The van der Waals surface area contributed by atoms with Gasteiger partial charge >= 0.3 is 0 Å². The molecule has 0 saturated carbocycles. The van der Waals surface area contributed by atoms with E-state index in [0.29, 0.717) is 5.92 Å². The molecule has 0 aliphatic carbocycles. The molecule has 94 valence electrons. The molecule has 2 nitrogen and oxygen atoms in total. The van der Waals surface area contributed by atoms with E-state index in [4.69, 9.17) is 4.74 Å². The second-order valence-corrected chi connectivity index (χ2v) is 5.69. The quantitative estimate of drug-likeness (QED) is 0.843. The molecule has 1 aliphatic rings. The van der Waals surface area contributed by atoms with Crippen molar-refractivity contribution in [2.75, 3.05) is 19.7 Å². The number of nitrogens with one attached hydrogen (secondary N) is 1. The van der Waals surface area contributed by atoms with Crippen molar-refractivity contribution in [3.63, 3.8) is 0 Å². The molecule has 3 heteroatoms. The fourth-order valence-electron chi connectivity index (χ4n) is 2.34. The molecule has 0 aromatic heterocycles. The van der Waals surface area contributed by atoms with Gasteiger partial charge in [0.05, 0.1) is 10.2 Å². The zero-order valence-corrected chi connectivity index (χ0v) is 12.5. The van der Waals surface area contributed by atoms with Gasteiger partial charge in [0.25, 0.3) is 0 Å². The second-order valence-electron chi connectivity index (χ2n) is 4.53. The third kappa shape index (κ3) is 3.35.